The third-order valence-electron chi connectivity index (χ3n) is 1.85. The van der Waals surface area contributed by atoms with Crippen molar-refractivity contribution in [2.24, 2.45) is 0 Å². The van der Waals surface area contributed by atoms with Crippen molar-refractivity contribution in [2.75, 3.05) is 12.4 Å². The van der Waals surface area contributed by atoms with Crippen LogP contribution in [0.1, 0.15) is 13.3 Å². The van der Waals surface area contributed by atoms with Gasteiger partial charge in [0.25, 0.3) is 15.7 Å². The first-order chi connectivity index (χ1) is 7.77. The number of hydrogen-bond acceptors (Lipinski definition) is 3. The van der Waals surface area contributed by atoms with Gasteiger partial charge >= 0.3 is 12.4 Å². The van der Waals surface area contributed by atoms with Crippen molar-refractivity contribution < 1.29 is 44.0 Å². The van der Waals surface area contributed by atoms with E-state index in [2.05, 4.69) is 4.74 Å². The summed E-state index contributed by atoms with van der Waals surface area (Å²) in [4.78, 5) is 0. The number of hydrogen-bond donors (Lipinski definition) is 1. The van der Waals surface area contributed by atoms with Crippen molar-refractivity contribution in [3.05, 3.63) is 0 Å². The summed E-state index contributed by atoms with van der Waals surface area (Å²) in [5.74, 6) is -2.63. The van der Waals surface area contributed by atoms with Crippen LogP contribution < -0.4 is 0 Å². The molecule has 1 N–H and O–H groups in total. The van der Waals surface area contributed by atoms with Crippen LogP contribution >= 0.6 is 0 Å². The van der Waals surface area contributed by atoms with Crippen molar-refractivity contribution >= 4 is 10.1 Å². The minimum absolute atomic E-state index is 0.195. The fraction of sp³-hybridized carbons (Fsp3) is 1.00. The number of ether oxygens (including phenoxy) is 1. The van der Waals surface area contributed by atoms with Gasteiger partial charge in [-0.25, -0.2) is 0 Å². The molecule has 0 bridgehead atoms. The van der Waals surface area contributed by atoms with Gasteiger partial charge in [-0.05, 0) is 6.42 Å². The minimum atomic E-state index is -6.03. The maximum Gasteiger partial charge on any atom is 0.427 e. The molecule has 18 heavy (non-hydrogen) atoms. The van der Waals surface area contributed by atoms with E-state index in [0.717, 1.165) is 0 Å². The summed E-state index contributed by atoms with van der Waals surface area (Å²) in [6.07, 6.45) is -12.3. The van der Waals surface area contributed by atoms with Crippen LogP contribution in [-0.2, 0) is 14.9 Å². The molecule has 0 rings (SSSR count). The Kier molecular flexibility index (Phi) is 5.05. The maximum atomic E-state index is 12.5. The molecule has 0 aliphatic carbocycles. The monoisotopic (exact) mass is 304 g/mol. The van der Waals surface area contributed by atoms with Gasteiger partial charge in [0, 0.05) is 6.61 Å². The second-order valence-corrected chi connectivity index (χ2v) is 4.85. The van der Waals surface area contributed by atoms with Gasteiger partial charge in [-0.3, -0.25) is 4.55 Å². The lowest BCUT2D eigenvalue weighted by molar-refractivity contribution is -0.372. The Labute approximate surface area is 98.7 Å². The van der Waals surface area contributed by atoms with Gasteiger partial charge in [-0.2, -0.15) is 34.8 Å². The quantitative estimate of drug-likeness (QED) is 0.624. The summed E-state index contributed by atoms with van der Waals surface area (Å²) in [7, 11) is -5.54. The van der Waals surface area contributed by atoms with Crippen molar-refractivity contribution in [2.45, 2.75) is 31.3 Å². The molecule has 110 valence electrons. The second kappa shape index (κ2) is 5.21. The predicted octanol–water partition coefficient (Wildman–Crippen LogP) is 2.16. The molecule has 4 nitrogen and oxygen atoms in total. The van der Waals surface area contributed by atoms with Crippen molar-refractivity contribution in [3.63, 3.8) is 0 Å². The van der Waals surface area contributed by atoms with Gasteiger partial charge in [0.1, 0.15) is 5.75 Å². The smallest absolute Gasteiger partial charge is 0.357 e. The Bertz CT molecular complexity index is 356. The standard InChI is InChI=1S/C7H10F6O4S/c1-2-3-17-5(6(8,9)10,7(11,12)13)4-18(14,15)16/h2-4H2,1H3,(H,14,15,16). The topological polar surface area (TPSA) is 63.6 Å². The van der Waals surface area contributed by atoms with Crippen molar-refractivity contribution in [3.8, 4) is 0 Å². The zero-order chi connectivity index (χ0) is 14.8. The zero-order valence-electron chi connectivity index (χ0n) is 8.97. The van der Waals surface area contributed by atoms with Crippen LogP contribution in [0.15, 0.2) is 0 Å². The van der Waals surface area contributed by atoms with E-state index >= 15 is 0 Å². The molecular weight excluding hydrogens is 294 g/mol. The van der Waals surface area contributed by atoms with Crippen LogP contribution in [0.2, 0.25) is 0 Å². The lowest BCUT2D eigenvalue weighted by Gasteiger charge is -2.35. The molecule has 0 aliphatic rings. The number of rotatable bonds is 5. The summed E-state index contributed by atoms with van der Waals surface area (Å²) in [5, 5.41) is 0. The minimum Gasteiger partial charge on any atom is -0.357 e. The highest BCUT2D eigenvalue weighted by atomic mass is 32.2. The predicted molar refractivity (Wildman–Crippen MR) is 47.5 cm³/mol. The van der Waals surface area contributed by atoms with E-state index in [9.17, 15) is 34.8 Å². The van der Waals surface area contributed by atoms with Crippen molar-refractivity contribution in [1.82, 2.24) is 0 Å². The molecular formula is C7H10F6O4S. The average molecular weight is 304 g/mol. The largest absolute Gasteiger partial charge is 0.427 e. The highest BCUT2D eigenvalue weighted by Gasteiger charge is 2.73. The van der Waals surface area contributed by atoms with Gasteiger partial charge in [-0.15, -0.1) is 0 Å². The van der Waals surface area contributed by atoms with Crippen LogP contribution in [-0.4, -0.2) is 43.3 Å². The Morgan fingerprint density at radius 2 is 1.44 bits per heavy atom. The number of halogens is 6. The summed E-state index contributed by atoms with van der Waals surface area (Å²) in [6, 6.07) is 0. The first-order valence-corrected chi connectivity index (χ1v) is 6.10. The fourth-order valence-corrected chi connectivity index (χ4v) is 1.99. The van der Waals surface area contributed by atoms with Gasteiger partial charge in [-0.1, -0.05) is 6.92 Å². The van der Waals surface area contributed by atoms with Gasteiger partial charge in [0.15, 0.2) is 0 Å². The van der Waals surface area contributed by atoms with E-state index < -0.39 is 40.4 Å². The SMILES string of the molecule is CCCOC(CS(=O)(=O)O)(C(F)(F)F)C(F)(F)F. The average Bonchev–Trinajstić information content (AvgIpc) is 2.06. The number of alkyl halides is 6. The Hall–Kier alpha value is -0.550. The highest BCUT2D eigenvalue weighted by Crippen LogP contribution is 2.46. The summed E-state index contributed by atoms with van der Waals surface area (Å²) in [5.41, 5.74) is -4.93. The molecule has 0 aromatic carbocycles. The molecule has 0 saturated heterocycles. The molecule has 0 aromatic heterocycles. The Morgan fingerprint density at radius 3 is 1.67 bits per heavy atom. The third kappa shape index (κ3) is 3.99. The molecule has 0 saturated carbocycles. The van der Waals surface area contributed by atoms with Gasteiger partial charge < -0.3 is 4.74 Å². The van der Waals surface area contributed by atoms with E-state index in [1.165, 1.54) is 6.92 Å². The zero-order valence-corrected chi connectivity index (χ0v) is 9.79. The molecule has 0 aliphatic heterocycles. The van der Waals surface area contributed by atoms with E-state index in [-0.39, 0.29) is 6.42 Å². The van der Waals surface area contributed by atoms with E-state index in [1.54, 1.807) is 0 Å². The molecule has 0 radical (unpaired) electrons. The van der Waals surface area contributed by atoms with E-state index in [1.807, 2.05) is 0 Å². The lowest BCUT2D eigenvalue weighted by Crippen LogP contribution is -2.62. The molecule has 0 fully saturated rings. The van der Waals surface area contributed by atoms with Crippen LogP contribution in [0, 0.1) is 0 Å². The fourth-order valence-electron chi connectivity index (χ4n) is 1.06. The van der Waals surface area contributed by atoms with Crippen molar-refractivity contribution in [1.29, 1.82) is 0 Å². The molecule has 0 aromatic rings. The summed E-state index contributed by atoms with van der Waals surface area (Å²) in [6.45, 7) is 0.277. The molecule has 0 heterocycles. The van der Waals surface area contributed by atoms with E-state index in [0.29, 0.717) is 0 Å². The van der Waals surface area contributed by atoms with Crippen LogP contribution in [0.25, 0.3) is 0 Å². The molecule has 0 spiro atoms. The molecule has 0 amide bonds. The second-order valence-electron chi connectivity index (χ2n) is 3.40. The highest BCUT2D eigenvalue weighted by molar-refractivity contribution is 7.85. The maximum absolute atomic E-state index is 12.5. The molecule has 0 atom stereocenters. The lowest BCUT2D eigenvalue weighted by atomic mass is 10.1. The normalized spacial score (nSPS) is 14.9. The van der Waals surface area contributed by atoms with Crippen LogP contribution in [0.4, 0.5) is 26.3 Å². The van der Waals surface area contributed by atoms with Gasteiger partial charge in [0.05, 0.1) is 0 Å². The first kappa shape index (κ1) is 17.4. The van der Waals surface area contributed by atoms with Gasteiger partial charge in [0.2, 0.25) is 0 Å². The van der Waals surface area contributed by atoms with E-state index in [4.69, 9.17) is 4.55 Å². The first-order valence-electron chi connectivity index (χ1n) is 4.49. The van der Waals surface area contributed by atoms with Crippen LogP contribution in [0.5, 0.6) is 0 Å². The third-order valence-corrected chi connectivity index (χ3v) is 2.63. The molecule has 11 heteroatoms. The Morgan fingerprint density at radius 1 is 1.06 bits per heavy atom. The Balaban J connectivity index is 5.72. The molecule has 0 unspecified atom stereocenters. The summed E-state index contributed by atoms with van der Waals surface area (Å²) >= 11 is 0. The summed E-state index contributed by atoms with van der Waals surface area (Å²) < 4.78 is 108. The van der Waals surface area contributed by atoms with Crippen LogP contribution in [0.3, 0.4) is 0 Å².